The van der Waals surface area contributed by atoms with Crippen LogP contribution in [0.1, 0.15) is 18.4 Å². The molecule has 2 heterocycles. The van der Waals surface area contributed by atoms with Crippen LogP contribution in [0.4, 0.5) is 0 Å². The van der Waals surface area contributed by atoms with Crippen LogP contribution in [-0.4, -0.2) is 28.3 Å². The second-order valence-electron chi connectivity index (χ2n) is 6.71. The Kier molecular flexibility index (Phi) is 4.28. The van der Waals surface area contributed by atoms with Gasteiger partial charge in [-0.05, 0) is 48.4 Å². The lowest BCUT2D eigenvalue weighted by molar-refractivity contribution is -0.111. The number of para-hydroxylation sites is 1. The zero-order valence-electron chi connectivity index (χ0n) is 13.7. The van der Waals surface area contributed by atoms with E-state index >= 15 is 0 Å². The van der Waals surface area contributed by atoms with Crippen molar-refractivity contribution < 1.29 is 5.21 Å². The van der Waals surface area contributed by atoms with Gasteiger partial charge in [0.1, 0.15) is 0 Å². The highest BCUT2D eigenvalue weighted by Gasteiger charge is 2.17. The van der Waals surface area contributed by atoms with E-state index in [1.807, 2.05) is 18.3 Å². The number of hydrogen-bond donors (Lipinski definition) is 1. The van der Waals surface area contributed by atoms with Crippen LogP contribution in [0.3, 0.4) is 0 Å². The van der Waals surface area contributed by atoms with Gasteiger partial charge < -0.3 is 5.21 Å². The third-order valence-corrected chi connectivity index (χ3v) is 4.99. The molecule has 1 aliphatic rings. The first-order chi connectivity index (χ1) is 11.8. The Morgan fingerprint density at radius 1 is 0.958 bits per heavy atom. The maximum atomic E-state index is 9.46. The zero-order valence-corrected chi connectivity index (χ0v) is 13.7. The molecule has 3 heteroatoms. The lowest BCUT2D eigenvalue weighted by Crippen LogP contribution is -2.31. The van der Waals surface area contributed by atoms with Crippen LogP contribution in [0.5, 0.6) is 0 Å². The largest absolute Gasteiger partial charge is 0.314 e. The van der Waals surface area contributed by atoms with Crippen molar-refractivity contribution in [1.29, 1.82) is 0 Å². The molecule has 1 N–H and O–H groups in total. The minimum atomic E-state index is 0.682. The predicted octanol–water partition coefficient (Wildman–Crippen LogP) is 4.55. The van der Waals surface area contributed by atoms with Crippen LogP contribution >= 0.6 is 0 Å². The minimum absolute atomic E-state index is 0.682. The number of pyridine rings is 1. The maximum Gasteiger partial charge on any atom is 0.0702 e. The summed E-state index contributed by atoms with van der Waals surface area (Å²) < 4.78 is 0. The molecule has 2 aromatic carbocycles. The molecule has 0 aliphatic carbocycles. The highest BCUT2D eigenvalue weighted by atomic mass is 16.5. The van der Waals surface area contributed by atoms with Crippen LogP contribution in [0.2, 0.25) is 0 Å². The molecular formula is C21H22N2O. The van der Waals surface area contributed by atoms with E-state index in [2.05, 4.69) is 47.4 Å². The van der Waals surface area contributed by atoms with Gasteiger partial charge in [0, 0.05) is 30.2 Å². The fourth-order valence-corrected chi connectivity index (χ4v) is 3.52. The second kappa shape index (κ2) is 6.71. The average molecular weight is 318 g/mol. The van der Waals surface area contributed by atoms with E-state index in [1.54, 1.807) is 0 Å². The van der Waals surface area contributed by atoms with Crippen LogP contribution in [-0.2, 0) is 6.42 Å². The van der Waals surface area contributed by atoms with Crippen molar-refractivity contribution in [2.24, 2.45) is 5.92 Å². The summed E-state index contributed by atoms with van der Waals surface area (Å²) in [4.78, 5) is 4.55. The fraction of sp³-hybridized carbons (Fsp3) is 0.286. The van der Waals surface area contributed by atoms with Crippen molar-refractivity contribution in [2.45, 2.75) is 19.3 Å². The van der Waals surface area contributed by atoms with Crippen molar-refractivity contribution >= 4 is 10.9 Å². The summed E-state index contributed by atoms with van der Waals surface area (Å²) in [5.74, 6) is 0.682. The number of fused-ring (bicyclic) bond motifs is 1. The van der Waals surface area contributed by atoms with Crippen molar-refractivity contribution in [2.75, 3.05) is 13.1 Å². The Hall–Kier alpha value is -2.23. The van der Waals surface area contributed by atoms with Crippen molar-refractivity contribution in [3.63, 3.8) is 0 Å². The molecule has 0 radical (unpaired) electrons. The number of hydroxylamine groups is 2. The van der Waals surface area contributed by atoms with Gasteiger partial charge in [0.25, 0.3) is 0 Å². The molecule has 122 valence electrons. The van der Waals surface area contributed by atoms with Gasteiger partial charge >= 0.3 is 0 Å². The molecule has 24 heavy (non-hydrogen) atoms. The Bertz CT molecular complexity index is 821. The van der Waals surface area contributed by atoms with Gasteiger partial charge in [-0.3, -0.25) is 4.98 Å². The fourth-order valence-electron chi connectivity index (χ4n) is 3.52. The Morgan fingerprint density at radius 2 is 1.71 bits per heavy atom. The Morgan fingerprint density at radius 3 is 2.50 bits per heavy atom. The van der Waals surface area contributed by atoms with Crippen LogP contribution in [0.15, 0.2) is 60.8 Å². The van der Waals surface area contributed by atoms with Gasteiger partial charge in [-0.1, -0.05) is 42.5 Å². The summed E-state index contributed by atoms with van der Waals surface area (Å²) in [6.07, 6.45) is 5.21. The third kappa shape index (κ3) is 3.32. The smallest absolute Gasteiger partial charge is 0.0702 e. The Labute approximate surface area is 142 Å². The van der Waals surface area contributed by atoms with Gasteiger partial charge in [0.05, 0.1) is 5.52 Å². The summed E-state index contributed by atoms with van der Waals surface area (Å²) in [5, 5.41) is 12.1. The molecule has 1 saturated heterocycles. The van der Waals surface area contributed by atoms with Gasteiger partial charge in [-0.25, -0.2) is 0 Å². The van der Waals surface area contributed by atoms with E-state index < -0.39 is 0 Å². The highest BCUT2D eigenvalue weighted by molar-refractivity contribution is 5.83. The van der Waals surface area contributed by atoms with Crippen LogP contribution in [0.25, 0.3) is 22.0 Å². The normalized spacial score (nSPS) is 16.5. The Balaban J connectivity index is 1.50. The summed E-state index contributed by atoms with van der Waals surface area (Å²) in [6, 6.07) is 19.3. The summed E-state index contributed by atoms with van der Waals surface area (Å²) in [7, 11) is 0. The number of benzene rings is 2. The van der Waals surface area contributed by atoms with E-state index in [9.17, 15) is 5.21 Å². The summed E-state index contributed by atoms with van der Waals surface area (Å²) in [6.45, 7) is 1.59. The van der Waals surface area contributed by atoms with Crippen molar-refractivity contribution in [3.8, 4) is 11.1 Å². The zero-order chi connectivity index (χ0) is 16.4. The molecule has 0 atom stereocenters. The first-order valence-corrected chi connectivity index (χ1v) is 8.66. The summed E-state index contributed by atoms with van der Waals surface area (Å²) >= 11 is 0. The minimum Gasteiger partial charge on any atom is -0.314 e. The maximum absolute atomic E-state index is 9.46. The standard InChI is InChI=1S/C21H22N2O/c24-23-11-9-17(10-12-23)13-16-5-7-18(8-6-16)20-14-19-3-1-2-4-21(19)22-15-20/h1-8,14-15,17,24H,9-13H2. The summed E-state index contributed by atoms with van der Waals surface area (Å²) in [5.41, 5.74) is 4.79. The van der Waals surface area contributed by atoms with Gasteiger partial charge in [0.15, 0.2) is 0 Å². The molecule has 0 spiro atoms. The van der Waals surface area contributed by atoms with Gasteiger partial charge in [-0.15, -0.1) is 0 Å². The van der Waals surface area contributed by atoms with E-state index in [1.165, 1.54) is 21.6 Å². The van der Waals surface area contributed by atoms with E-state index in [4.69, 9.17) is 0 Å². The molecule has 0 saturated carbocycles. The quantitative estimate of drug-likeness (QED) is 0.770. The van der Waals surface area contributed by atoms with Crippen molar-refractivity contribution in [3.05, 3.63) is 66.4 Å². The molecular weight excluding hydrogens is 296 g/mol. The van der Waals surface area contributed by atoms with Crippen molar-refractivity contribution in [1.82, 2.24) is 10.0 Å². The molecule has 4 rings (SSSR count). The molecule has 3 aromatic rings. The number of hydrogen-bond acceptors (Lipinski definition) is 3. The number of nitrogens with zero attached hydrogens (tertiary/aromatic N) is 2. The number of aromatic nitrogens is 1. The lowest BCUT2D eigenvalue weighted by Gasteiger charge is -2.27. The van der Waals surface area contributed by atoms with E-state index in [0.717, 1.165) is 43.4 Å². The molecule has 0 unspecified atom stereocenters. The third-order valence-electron chi connectivity index (χ3n) is 4.99. The predicted molar refractivity (Wildman–Crippen MR) is 97.0 cm³/mol. The van der Waals surface area contributed by atoms with Crippen LogP contribution < -0.4 is 0 Å². The topological polar surface area (TPSA) is 36.4 Å². The molecule has 0 amide bonds. The van der Waals surface area contributed by atoms with Gasteiger partial charge in [-0.2, -0.15) is 5.06 Å². The highest BCUT2D eigenvalue weighted by Crippen LogP contribution is 2.25. The molecule has 0 bridgehead atoms. The lowest BCUT2D eigenvalue weighted by atomic mass is 9.90. The molecule has 3 nitrogen and oxygen atoms in total. The monoisotopic (exact) mass is 318 g/mol. The van der Waals surface area contributed by atoms with E-state index in [-0.39, 0.29) is 0 Å². The molecule has 1 aliphatic heterocycles. The average Bonchev–Trinajstić information content (AvgIpc) is 2.64. The molecule has 1 fully saturated rings. The first-order valence-electron chi connectivity index (χ1n) is 8.66. The molecule has 1 aromatic heterocycles. The first kappa shape index (κ1) is 15.3. The van der Waals surface area contributed by atoms with E-state index in [0.29, 0.717) is 5.92 Å². The number of rotatable bonds is 3. The SMILES string of the molecule is ON1CCC(Cc2ccc(-c3cnc4ccccc4c3)cc2)CC1. The van der Waals surface area contributed by atoms with Gasteiger partial charge in [0.2, 0.25) is 0 Å². The van der Waals surface area contributed by atoms with Crippen LogP contribution in [0, 0.1) is 5.92 Å². The number of piperidine rings is 1. The second-order valence-corrected chi connectivity index (χ2v) is 6.71.